The van der Waals surface area contributed by atoms with Gasteiger partial charge < -0.3 is 14.8 Å². The van der Waals surface area contributed by atoms with Crippen LogP contribution in [-0.2, 0) is 19.4 Å². The van der Waals surface area contributed by atoms with Crippen LogP contribution in [0.25, 0.3) is 0 Å². The summed E-state index contributed by atoms with van der Waals surface area (Å²) in [6.45, 7) is 0. The molecule has 2 aromatic carbocycles. The van der Waals surface area contributed by atoms with Gasteiger partial charge in [0.1, 0.15) is 5.75 Å². The fourth-order valence-corrected chi connectivity index (χ4v) is 5.87. The molecule has 1 saturated carbocycles. The van der Waals surface area contributed by atoms with Gasteiger partial charge in [0.25, 0.3) is 0 Å². The van der Waals surface area contributed by atoms with Gasteiger partial charge in [-0.3, -0.25) is 4.79 Å². The number of esters is 1. The molecule has 196 valence electrons. The van der Waals surface area contributed by atoms with Crippen LogP contribution < -0.4 is 10.1 Å². The molecule has 0 spiro atoms. The summed E-state index contributed by atoms with van der Waals surface area (Å²) >= 11 is 1.20. The van der Waals surface area contributed by atoms with Crippen LogP contribution in [0.3, 0.4) is 0 Å². The SMILES string of the molecule is COC(=O)c1ccc(Oc2cnc(NC(=O)[C@H](CCC3CCCC3)c3ccc(S(C)(=O)=O)cc3)s2)cc1. The van der Waals surface area contributed by atoms with Crippen LogP contribution in [-0.4, -0.2) is 38.6 Å². The van der Waals surface area contributed by atoms with E-state index in [4.69, 9.17) is 9.47 Å². The second kappa shape index (κ2) is 11.9. The molecule has 0 saturated heterocycles. The number of thiazole rings is 1. The van der Waals surface area contributed by atoms with Gasteiger partial charge in [0, 0.05) is 6.26 Å². The number of nitrogens with zero attached hydrogens (tertiary/aromatic N) is 1. The third-order valence-corrected chi connectivity index (χ3v) is 8.49. The van der Waals surface area contributed by atoms with Gasteiger partial charge in [-0.05, 0) is 60.7 Å². The number of benzene rings is 2. The number of amides is 1. The second-order valence-corrected chi connectivity index (χ2v) is 12.2. The molecule has 0 bridgehead atoms. The number of ether oxygens (including phenoxy) is 2. The summed E-state index contributed by atoms with van der Waals surface area (Å²) in [4.78, 5) is 29.4. The van der Waals surface area contributed by atoms with Crippen LogP contribution in [0.1, 0.15) is 60.4 Å². The standard InChI is InChI=1S/C27H30N2O6S2/c1-34-26(31)20-8-12-21(13-9-20)35-24-17-28-27(36-24)29-25(30)23(16-7-18-5-3-4-6-18)19-10-14-22(15-11-19)37(2,32)33/h8-15,17-18,23H,3-7,16H2,1-2H3,(H,28,29,30)/t23-/m1/s1. The summed E-state index contributed by atoms with van der Waals surface area (Å²) in [5.41, 5.74) is 1.20. The van der Waals surface area contributed by atoms with Gasteiger partial charge in [-0.15, -0.1) is 0 Å². The Morgan fingerprint density at radius 3 is 2.38 bits per heavy atom. The summed E-state index contributed by atoms with van der Waals surface area (Å²) in [6.07, 6.45) is 9.17. The molecule has 1 N–H and O–H groups in total. The van der Waals surface area contributed by atoms with E-state index in [-0.39, 0.29) is 10.8 Å². The van der Waals surface area contributed by atoms with E-state index in [0.29, 0.717) is 33.8 Å². The second-order valence-electron chi connectivity index (χ2n) is 9.21. The van der Waals surface area contributed by atoms with E-state index >= 15 is 0 Å². The number of methoxy groups -OCH3 is 1. The Hall–Kier alpha value is -3.24. The van der Waals surface area contributed by atoms with E-state index in [1.807, 2.05) is 0 Å². The number of aromatic nitrogens is 1. The topological polar surface area (TPSA) is 112 Å². The molecule has 1 atom stereocenters. The van der Waals surface area contributed by atoms with Crippen molar-refractivity contribution in [2.45, 2.75) is 49.3 Å². The number of hydrogen-bond donors (Lipinski definition) is 1. The fraction of sp³-hybridized carbons (Fsp3) is 0.370. The molecule has 1 amide bonds. The predicted molar refractivity (Wildman–Crippen MR) is 142 cm³/mol. The summed E-state index contributed by atoms with van der Waals surface area (Å²) in [7, 11) is -1.99. The highest BCUT2D eigenvalue weighted by atomic mass is 32.2. The Morgan fingerprint density at radius 1 is 1.08 bits per heavy atom. The number of carbonyl (C=O) groups excluding carboxylic acids is 2. The van der Waals surface area contributed by atoms with Crippen molar-refractivity contribution in [1.29, 1.82) is 0 Å². The Morgan fingerprint density at radius 2 is 1.76 bits per heavy atom. The molecule has 1 aliphatic carbocycles. The third kappa shape index (κ3) is 7.17. The van der Waals surface area contributed by atoms with Crippen molar-refractivity contribution < 1.29 is 27.5 Å². The minimum absolute atomic E-state index is 0.187. The average molecular weight is 543 g/mol. The van der Waals surface area contributed by atoms with Crippen LogP contribution in [0, 0.1) is 5.92 Å². The monoisotopic (exact) mass is 542 g/mol. The molecule has 0 radical (unpaired) electrons. The first-order chi connectivity index (χ1) is 17.7. The van der Waals surface area contributed by atoms with Gasteiger partial charge in [0.15, 0.2) is 15.0 Å². The maximum Gasteiger partial charge on any atom is 0.337 e. The lowest BCUT2D eigenvalue weighted by molar-refractivity contribution is -0.117. The quantitative estimate of drug-likeness (QED) is 0.321. The van der Waals surface area contributed by atoms with Gasteiger partial charge in [0.05, 0.1) is 29.7 Å². The average Bonchev–Trinajstić information content (AvgIpc) is 3.56. The van der Waals surface area contributed by atoms with Crippen LogP contribution >= 0.6 is 11.3 Å². The van der Waals surface area contributed by atoms with Crippen LogP contribution in [0.2, 0.25) is 0 Å². The smallest absolute Gasteiger partial charge is 0.337 e. The molecule has 8 nitrogen and oxygen atoms in total. The fourth-order valence-electron chi connectivity index (χ4n) is 4.55. The zero-order valence-electron chi connectivity index (χ0n) is 20.8. The number of hydrogen-bond acceptors (Lipinski definition) is 8. The predicted octanol–water partition coefficient (Wildman–Crippen LogP) is 5.82. The molecule has 37 heavy (non-hydrogen) atoms. The molecule has 1 aliphatic rings. The van der Waals surface area contributed by atoms with E-state index in [9.17, 15) is 18.0 Å². The maximum atomic E-state index is 13.3. The molecule has 1 heterocycles. The molecule has 0 unspecified atom stereocenters. The molecule has 4 rings (SSSR count). The normalized spacial score (nSPS) is 14.8. The van der Waals surface area contributed by atoms with Crippen molar-refractivity contribution in [2.75, 3.05) is 18.7 Å². The van der Waals surface area contributed by atoms with Crippen molar-refractivity contribution in [2.24, 2.45) is 5.92 Å². The number of carbonyl (C=O) groups is 2. The van der Waals surface area contributed by atoms with E-state index in [0.717, 1.165) is 12.0 Å². The summed E-state index contributed by atoms with van der Waals surface area (Å²) in [5.74, 6) is 0.107. The van der Waals surface area contributed by atoms with Crippen LogP contribution in [0.5, 0.6) is 10.8 Å². The third-order valence-electron chi connectivity index (χ3n) is 6.57. The Bertz CT molecular complexity index is 1330. The van der Waals surface area contributed by atoms with E-state index in [1.54, 1.807) is 48.5 Å². The maximum absolute atomic E-state index is 13.3. The van der Waals surface area contributed by atoms with E-state index < -0.39 is 21.7 Å². The first-order valence-corrected chi connectivity index (χ1v) is 14.9. The van der Waals surface area contributed by atoms with Crippen molar-refractivity contribution >= 4 is 38.2 Å². The molecule has 3 aromatic rings. The zero-order chi connectivity index (χ0) is 26.4. The van der Waals surface area contributed by atoms with E-state index in [2.05, 4.69) is 10.3 Å². The van der Waals surface area contributed by atoms with Crippen molar-refractivity contribution in [1.82, 2.24) is 4.98 Å². The highest BCUT2D eigenvalue weighted by molar-refractivity contribution is 7.90. The van der Waals surface area contributed by atoms with Crippen molar-refractivity contribution in [3.8, 4) is 10.8 Å². The number of sulfone groups is 1. The van der Waals surface area contributed by atoms with Crippen LogP contribution in [0.15, 0.2) is 59.6 Å². The molecular formula is C27H30N2O6S2. The number of nitrogens with one attached hydrogen (secondary N) is 1. The number of anilines is 1. The van der Waals surface area contributed by atoms with Gasteiger partial charge in [-0.25, -0.2) is 18.2 Å². The summed E-state index contributed by atoms with van der Waals surface area (Å²) in [6, 6.07) is 13.1. The van der Waals surface area contributed by atoms with Gasteiger partial charge in [0.2, 0.25) is 11.0 Å². The zero-order valence-corrected chi connectivity index (χ0v) is 22.4. The minimum Gasteiger partial charge on any atom is -0.465 e. The molecule has 10 heteroatoms. The first-order valence-electron chi connectivity index (χ1n) is 12.2. The van der Waals surface area contributed by atoms with Gasteiger partial charge in [-0.1, -0.05) is 49.2 Å². The molecule has 1 fully saturated rings. The molecule has 0 aliphatic heterocycles. The lowest BCUT2D eigenvalue weighted by atomic mass is 9.89. The van der Waals surface area contributed by atoms with Crippen molar-refractivity contribution in [3.05, 3.63) is 65.9 Å². The highest BCUT2D eigenvalue weighted by Gasteiger charge is 2.25. The molecular weight excluding hydrogens is 512 g/mol. The highest BCUT2D eigenvalue weighted by Crippen LogP contribution is 2.35. The molecule has 1 aromatic heterocycles. The minimum atomic E-state index is -3.32. The largest absolute Gasteiger partial charge is 0.465 e. The van der Waals surface area contributed by atoms with Gasteiger partial charge in [-0.2, -0.15) is 0 Å². The Balaban J connectivity index is 1.45. The van der Waals surface area contributed by atoms with Crippen molar-refractivity contribution in [3.63, 3.8) is 0 Å². The Labute approximate surface area is 221 Å². The number of rotatable bonds is 10. The Kier molecular flexibility index (Phi) is 8.60. The van der Waals surface area contributed by atoms with Crippen LogP contribution in [0.4, 0.5) is 5.13 Å². The lowest BCUT2D eigenvalue weighted by Gasteiger charge is -2.19. The van der Waals surface area contributed by atoms with Gasteiger partial charge >= 0.3 is 5.97 Å². The summed E-state index contributed by atoms with van der Waals surface area (Å²) < 4.78 is 34.2. The summed E-state index contributed by atoms with van der Waals surface area (Å²) in [5, 5.41) is 3.80. The first kappa shape index (κ1) is 26.8. The van der Waals surface area contributed by atoms with E-state index in [1.165, 1.54) is 56.6 Å². The lowest BCUT2D eigenvalue weighted by Crippen LogP contribution is -2.22.